The number of nitrogens with zero attached hydrogens (tertiary/aromatic N) is 2. The molecule has 0 fully saturated rings. The zero-order valence-corrected chi connectivity index (χ0v) is 16.6. The number of aliphatic imine (C=N–C) groups is 1. The lowest BCUT2D eigenvalue weighted by molar-refractivity contribution is 0.270. The number of rotatable bonds is 9. The van der Waals surface area contributed by atoms with Crippen LogP contribution in [0.25, 0.3) is 0 Å². The van der Waals surface area contributed by atoms with Gasteiger partial charge >= 0.3 is 0 Å². The minimum absolute atomic E-state index is 0.200. The molecule has 0 aliphatic rings. The number of halogens is 1. The first-order valence-electron chi connectivity index (χ1n) is 9.27. The first-order valence-corrected chi connectivity index (χ1v) is 9.27. The smallest absolute Gasteiger partial charge is 0.193 e. The van der Waals surface area contributed by atoms with Crippen LogP contribution in [0.3, 0.4) is 0 Å². The number of guanidine groups is 1. The molecular weight excluding hydrogens is 361 g/mol. The van der Waals surface area contributed by atoms with Crippen LogP contribution in [0, 0.1) is 5.82 Å². The number of nitrogens with one attached hydrogen (secondary N) is 1. The van der Waals surface area contributed by atoms with E-state index in [1.54, 1.807) is 31.4 Å². The molecule has 2 rings (SSSR count). The zero-order chi connectivity index (χ0) is 20.4. The Balaban J connectivity index is 1.88. The fourth-order valence-electron chi connectivity index (χ4n) is 2.59. The molecule has 7 heteroatoms. The van der Waals surface area contributed by atoms with E-state index in [0.717, 1.165) is 18.1 Å². The predicted octanol–water partition coefficient (Wildman–Crippen LogP) is 3.06. The molecule has 28 heavy (non-hydrogen) atoms. The molecule has 0 atom stereocenters. The first kappa shape index (κ1) is 21.3. The summed E-state index contributed by atoms with van der Waals surface area (Å²) in [7, 11) is 3.46. The molecule has 2 N–H and O–H groups in total. The van der Waals surface area contributed by atoms with Crippen molar-refractivity contribution in [3.05, 3.63) is 53.8 Å². The van der Waals surface area contributed by atoms with E-state index in [9.17, 15) is 9.50 Å². The van der Waals surface area contributed by atoms with Crippen LogP contribution in [0.1, 0.15) is 12.5 Å². The maximum Gasteiger partial charge on any atom is 0.193 e. The topological polar surface area (TPSA) is 66.3 Å². The van der Waals surface area contributed by atoms with Crippen molar-refractivity contribution in [1.82, 2.24) is 10.2 Å². The van der Waals surface area contributed by atoms with Gasteiger partial charge in [0.2, 0.25) is 0 Å². The molecule has 0 unspecified atom stereocenters. The fourth-order valence-corrected chi connectivity index (χ4v) is 2.59. The first-order chi connectivity index (χ1) is 13.5. The molecule has 2 aromatic carbocycles. The van der Waals surface area contributed by atoms with E-state index in [1.165, 1.54) is 6.07 Å². The summed E-state index contributed by atoms with van der Waals surface area (Å²) in [6, 6.07) is 11.6. The molecule has 0 aliphatic heterocycles. The average molecular weight is 389 g/mol. The zero-order valence-electron chi connectivity index (χ0n) is 16.6. The van der Waals surface area contributed by atoms with Gasteiger partial charge in [-0.1, -0.05) is 18.2 Å². The molecule has 2 aromatic rings. The SMILES string of the molecule is CCNC(=NCCc1ccc(OC)cc1O)N(C)CCOc1ccccc1F. The van der Waals surface area contributed by atoms with Gasteiger partial charge in [-0.05, 0) is 37.1 Å². The maximum absolute atomic E-state index is 13.6. The summed E-state index contributed by atoms with van der Waals surface area (Å²) in [5.41, 5.74) is 0.811. The lowest BCUT2D eigenvalue weighted by atomic mass is 10.1. The Kier molecular flexibility index (Phi) is 8.39. The summed E-state index contributed by atoms with van der Waals surface area (Å²) in [6.07, 6.45) is 0.601. The second-order valence-electron chi connectivity index (χ2n) is 6.18. The highest BCUT2D eigenvalue weighted by Crippen LogP contribution is 2.23. The largest absolute Gasteiger partial charge is 0.508 e. The van der Waals surface area contributed by atoms with Crippen molar-refractivity contribution in [3.8, 4) is 17.2 Å². The third-order valence-electron chi connectivity index (χ3n) is 4.15. The highest BCUT2D eigenvalue weighted by atomic mass is 19.1. The molecule has 6 nitrogen and oxygen atoms in total. The van der Waals surface area contributed by atoms with Crippen molar-refractivity contribution in [2.45, 2.75) is 13.3 Å². The lowest BCUT2D eigenvalue weighted by Crippen LogP contribution is -2.41. The van der Waals surface area contributed by atoms with Crippen molar-refractivity contribution in [2.75, 3.05) is 40.4 Å². The number of ether oxygens (including phenoxy) is 2. The lowest BCUT2D eigenvalue weighted by Gasteiger charge is -2.22. The summed E-state index contributed by atoms with van der Waals surface area (Å²) in [5.74, 6) is 1.42. The van der Waals surface area contributed by atoms with Crippen molar-refractivity contribution >= 4 is 5.96 Å². The molecular formula is C21H28FN3O3. The number of hydrogen-bond donors (Lipinski definition) is 2. The van der Waals surface area contributed by atoms with Gasteiger partial charge in [0.1, 0.15) is 18.1 Å². The van der Waals surface area contributed by atoms with E-state index in [4.69, 9.17) is 9.47 Å². The Labute approximate surface area is 165 Å². The normalized spacial score (nSPS) is 11.2. The molecule has 0 aliphatic carbocycles. The van der Waals surface area contributed by atoms with Crippen molar-refractivity contribution < 1.29 is 19.0 Å². The quantitative estimate of drug-likeness (QED) is 0.510. The number of hydrogen-bond acceptors (Lipinski definition) is 4. The number of phenols is 1. The Morgan fingerprint density at radius 2 is 2.04 bits per heavy atom. The van der Waals surface area contributed by atoms with Gasteiger partial charge in [-0.25, -0.2) is 4.39 Å². The number of methoxy groups -OCH3 is 1. The molecule has 0 saturated heterocycles. The third-order valence-corrected chi connectivity index (χ3v) is 4.15. The highest BCUT2D eigenvalue weighted by Gasteiger charge is 2.08. The van der Waals surface area contributed by atoms with Crippen LogP contribution in [-0.2, 0) is 6.42 Å². The number of aromatic hydroxyl groups is 1. The summed E-state index contributed by atoms with van der Waals surface area (Å²) in [5, 5.41) is 13.3. The Hall–Kier alpha value is -2.96. The molecule has 0 aromatic heterocycles. The minimum Gasteiger partial charge on any atom is -0.508 e. The maximum atomic E-state index is 13.6. The molecule has 0 bridgehead atoms. The standard InChI is InChI=1S/C21H28FN3O3/c1-4-23-21(24-12-11-16-9-10-17(27-3)15-19(16)26)25(2)13-14-28-20-8-6-5-7-18(20)22/h5-10,15,26H,4,11-14H2,1-3H3,(H,23,24). The average Bonchev–Trinajstić information content (AvgIpc) is 2.69. The Bertz CT molecular complexity index is 783. The van der Waals surface area contributed by atoms with Crippen LogP contribution in [0.2, 0.25) is 0 Å². The second-order valence-corrected chi connectivity index (χ2v) is 6.18. The fraction of sp³-hybridized carbons (Fsp3) is 0.381. The van der Waals surface area contributed by atoms with Crippen LogP contribution in [-0.4, -0.2) is 56.4 Å². The van der Waals surface area contributed by atoms with Crippen LogP contribution >= 0.6 is 0 Å². The van der Waals surface area contributed by atoms with Gasteiger partial charge in [0.25, 0.3) is 0 Å². The molecule has 152 valence electrons. The number of phenolic OH excluding ortho intramolecular Hbond substituents is 1. The summed E-state index contributed by atoms with van der Waals surface area (Å²) in [4.78, 5) is 6.52. The van der Waals surface area contributed by atoms with Crippen molar-refractivity contribution in [3.63, 3.8) is 0 Å². The van der Waals surface area contributed by atoms with Gasteiger partial charge in [-0.2, -0.15) is 0 Å². The molecule has 0 amide bonds. The summed E-state index contributed by atoms with van der Waals surface area (Å²) in [6.45, 7) is 4.12. The summed E-state index contributed by atoms with van der Waals surface area (Å²) < 4.78 is 24.2. The van der Waals surface area contributed by atoms with Gasteiger partial charge in [-0.3, -0.25) is 4.99 Å². The molecule has 0 heterocycles. The Morgan fingerprint density at radius 3 is 2.71 bits per heavy atom. The van der Waals surface area contributed by atoms with E-state index in [0.29, 0.717) is 31.9 Å². The van der Waals surface area contributed by atoms with Gasteiger partial charge in [0.15, 0.2) is 17.5 Å². The van der Waals surface area contributed by atoms with Gasteiger partial charge in [0.05, 0.1) is 13.7 Å². The van der Waals surface area contributed by atoms with Crippen LogP contribution < -0.4 is 14.8 Å². The van der Waals surface area contributed by atoms with Gasteiger partial charge in [-0.15, -0.1) is 0 Å². The molecule has 0 spiro atoms. The molecule has 0 saturated carbocycles. The van der Waals surface area contributed by atoms with Crippen molar-refractivity contribution in [2.24, 2.45) is 4.99 Å². The monoisotopic (exact) mass is 389 g/mol. The third kappa shape index (κ3) is 6.33. The second kappa shape index (κ2) is 11.0. The van der Waals surface area contributed by atoms with Crippen LogP contribution in [0.4, 0.5) is 4.39 Å². The van der Waals surface area contributed by atoms with Gasteiger partial charge < -0.3 is 24.8 Å². The van der Waals surface area contributed by atoms with E-state index < -0.39 is 0 Å². The van der Waals surface area contributed by atoms with E-state index in [2.05, 4.69) is 10.3 Å². The van der Waals surface area contributed by atoms with Crippen LogP contribution in [0.5, 0.6) is 17.2 Å². The predicted molar refractivity (Wildman–Crippen MR) is 109 cm³/mol. The van der Waals surface area contributed by atoms with Gasteiger partial charge in [0, 0.05) is 26.2 Å². The van der Waals surface area contributed by atoms with Crippen LogP contribution in [0.15, 0.2) is 47.5 Å². The number of benzene rings is 2. The highest BCUT2D eigenvalue weighted by molar-refractivity contribution is 5.79. The van der Waals surface area contributed by atoms with Crippen molar-refractivity contribution in [1.29, 1.82) is 0 Å². The minimum atomic E-state index is -0.370. The van der Waals surface area contributed by atoms with E-state index >= 15 is 0 Å². The summed E-state index contributed by atoms with van der Waals surface area (Å²) >= 11 is 0. The number of likely N-dealkylation sites (N-methyl/N-ethyl adjacent to an activating group) is 1. The van der Waals surface area contributed by atoms with E-state index in [-0.39, 0.29) is 17.3 Å². The Morgan fingerprint density at radius 1 is 1.25 bits per heavy atom. The number of para-hydroxylation sites is 1. The molecule has 0 radical (unpaired) electrons. The van der Waals surface area contributed by atoms with E-state index in [1.807, 2.05) is 31.0 Å².